The van der Waals surface area contributed by atoms with Crippen LogP contribution in [0.4, 0.5) is 5.13 Å². The van der Waals surface area contributed by atoms with E-state index in [2.05, 4.69) is 48.4 Å². The summed E-state index contributed by atoms with van der Waals surface area (Å²) in [7, 11) is 0. The fraction of sp³-hybridized carbons (Fsp3) is 0.444. The molecule has 1 unspecified atom stereocenters. The third-order valence-corrected chi connectivity index (χ3v) is 4.49. The Morgan fingerprint density at radius 3 is 2.50 bits per heavy atom. The second-order valence-corrected chi connectivity index (χ2v) is 6.97. The minimum atomic E-state index is 0.0306. The summed E-state index contributed by atoms with van der Waals surface area (Å²) in [6.07, 6.45) is 1.67. The van der Waals surface area contributed by atoms with E-state index in [0.29, 0.717) is 23.4 Å². The van der Waals surface area contributed by atoms with Crippen molar-refractivity contribution in [2.45, 2.75) is 46.5 Å². The lowest BCUT2D eigenvalue weighted by molar-refractivity contribution is -0.116. The van der Waals surface area contributed by atoms with Crippen LogP contribution in [0.1, 0.15) is 52.0 Å². The molecule has 0 bridgehead atoms. The fourth-order valence-electron chi connectivity index (χ4n) is 2.22. The Labute approximate surface area is 136 Å². The maximum Gasteiger partial charge on any atom is 0.226 e. The number of anilines is 1. The van der Waals surface area contributed by atoms with Gasteiger partial charge in [-0.15, -0.1) is 11.3 Å². The summed E-state index contributed by atoms with van der Waals surface area (Å²) in [4.78, 5) is 16.3. The zero-order valence-corrected chi connectivity index (χ0v) is 14.5. The Morgan fingerprint density at radius 2 is 1.91 bits per heavy atom. The lowest BCUT2D eigenvalue weighted by Gasteiger charge is -2.09. The summed E-state index contributed by atoms with van der Waals surface area (Å²) < 4.78 is 0. The number of aromatic nitrogens is 1. The molecule has 4 heteroatoms. The third-order valence-electron chi connectivity index (χ3n) is 3.73. The van der Waals surface area contributed by atoms with Crippen molar-refractivity contribution in [1.82, 2.24) is 4.98 Å². The number of benzene rings is 1. The quantitative estimate of drug-likeness (QED) is 0.785. The molecule has 0 saturated heterocycles. The molecule has 2 rings (SSSR count). The van der Waals surface area contributed by atoms with Crippen LogP contribution in [0, 0.1) is 5.92 Å². The summed E-state index contributed by atoms with van der Waals surface area (Å²) in [6.45, 7) is 8.50. The molecule has 0 aliphatic carbocycles. The molecule has 2 aromatic rings. The largest absolute Gasteiger partial charge is 0.302 e. The van der Waals surface area contributed by atoms with Gasteiger partial charge in [-0.3, -0.25) is 4.79 Å². The molecule has 0 aliphatic heterocycles. The van der Waals surface area contributed by atoms with Gasteiger partial charge in [0.25, 0.3) is 0 Å². The number of nitrogens with one attached hydrogen (secondary N) is 1. The van der Waals surface area contributed by atoms with Gasteiger partial charge in [-0.25, -0.2) is 4.98 Å². The van der Waals surface area contributed by atoms with E-state index in [9.17, 15) is 4.79 Å². The number of hydrogen-bond donors (Lipinski definition) is 1. The van der Waals surface area contributed by atoms with Crippen LogP contribution in [-0.4, -0.2) is 10.9 Å². The molecule has 0 fully saturated rings. The Kier molecular flexibility index (Phi) is 5.72. The Bertz CT molecular complexity index is 616. The predicted molar refractivity (Wildman–Crippen MR) is 94.3 cm³/mol. The molecule has 1 atom stereocenters. The standard InChI is InChI=1S/C18H24N2OS/c1-5-13(4)14-6-8-15(9-7-14)16-11-22-18(19-16)20-17(21)10-12(2)3/h6-9,11-13H,5,10H2,1-4H3,(H,19,20,21). The fourth-order valence-corrected chi connectivity index (χ4v) is 2.96. The number of rotatable bonds is 6. The Hall–Kier alpha value is -1.68. The van der Waals surface area contributed by atoms with Crippen LogP contribution < -0.4 is 5.32 Å². The number of thiazole rings is 1. The van der Waals surface area contributed by atoms with E-state index in [4.69, 9.17) is 0 Å². The Balaban J connectivity index is 2.06. The lowest BCUT2D eigenvalue weighted by atomic mass is 9.97. The monoisotopic (exact) mass is 316 g/mol. The summed E-state index contributed by atoms with van der Waals surface area (Å²) in [5, 5.41) is 5.53. The van der Waals surface area contributed by atoms with Crippen LogP contribution in [0.15, 0.2) is 29.6 Å². The minimum Gasteiger partial charge on any atom is -0.302 e. The number of hydrogen-bond acceptors (Lipinski definition) is 3. The highest BCUT2D eigenvalue weighted by atomic mass is 32.1. The van der Waals surface area contributed by atoms with Gasteiger partial charge < -0.3 is 5.32 Å². The van der Waals surface area contributed by atoms with Gasteiger partial charge in [-0.05, 0) is 23.8 Å². The first-order valence-corrected chi connectivity index (χ1v) is 8.73. The molecule has 22 heavy (non-hydrogen) atoms. The zero-order valence-electron chi connectivity index (χ0n) is 13.7. The summed E-state index contributed by atoms with van der Waals surface area (Å²) in [5.41, 5.74) is 3.36. The smallest absolute Gasteiger partial charge is 0.226 e. The van der Waals surface area contributed by atoms with Crippen molar-refractivity contribution >= 4 is 22.4 Å². The van der Waals surface area contributed by atoms with Gasteiger partial charge in [0.2, 0.25) is 5.91 Å². The van der Waals surface area contributed by atoms with Crippen LogP contribution >= 0.6 is 11.3 Å². The van der Waals surface area contributed by atoms with Gasteiger partial charge in [-0.2, -0.15) is 0 Å². The van der Waals surface area contributed by atoms with E-state index in [0.717, 1.165) is 17.7 Å². The van der Waals surface area contributed by atoms with Gasteiger partial charge in [-0.1, -0.05) is 52.0 Å². The second kappa shape index (κ2) is 7.54. The number of carbonyl (C=O) groups excluding carboxylic acids is 1. The van der Waals surface area contributed by atoms with Gasteiger partial charge in [0.05, 0.1) is 5.69 Å². The molecule has 118 valence electrons. The van der Waals surface area contributed by atoms with Crippen LogP contribution in [0.25, 0.3) is 11.3 Å². The molecule has 0 aliphatic rings. The zero-order chi connectivity index (χ0) is 16.1. The highest BCUT2D eigenvalue weighted by Crippen LogP contribution is 2.27. The summed E-state index contributed by atoms with van der Waals surface area (Å²) in [5.74, 6) is 0.964. The summed E-state index contributed by atoms with van der Waals surface area (Å²) >= 11 is 1.47. The first-order chi connectivity index (χ1) is 10.5. The summed E-state index contributed by atoms with van der Waals surface area (Å²) in [6, 6.07) is 8.55. The Morgan fingerprint density at radius 1 is 1.23 bits per heavy atom. The van der Waals surface area contributed by atoms with Crippen molar-refractivity contribution in [2.24, 2.45) is 5.92 Å². The van der Waals surface area contributed by atoms with E-state index in [-0.39, 0.29) is 5.91 Å². The molecule has 1 heterocycles. The first kappa shape index (κ1) is 16.7. The maximum absolute atomic E-state index is 11.8. The number of nitrogens with zero attached hydrogens (tertiary/aromatic N) is 1. The molecular weight excluding hydrogens is 292 g/mol. The molecular formula is C18H24N2OS. The third kappa shape index (κ3) is 4.41. The first-order valence-electron chi connectivity index (χ1n) is 7.85. The van der Waals surface area contributed by atoms with E-state index in [1.54, 1.807) is 0 Å². The van der Waals surface area contributed by atoms with E-state index >= 15 is 0 Å². The normalized spacial score (nSPS) is 12.4. The lowest BCUT2D eigenvalue weighted by Crippen LogP contribution is -2.13. The molecule has 0 saturated carbocycles. The molecule has 1 amide bonds. The molecule has 0 radical (unpaired) electrons. The average molecular weight is 316 g/mol. The second-order valence-electron chi connectivity index (χ2n) is 6.12. The predicted octanol–water partition coefficient (Wildman–Crippen LogP) is 5.31. The van der Waals surface area contributed by atoms with E-state index in [1.807, 2.05) is 19.2 Å². The van der Waals surface area contributed by atoms with Gasteiger partial charge in [0, 0.05) is 17.4 Å². The van der Waals surface area contributed by atoms with E-state index < -0.39 is 0 Å². The van der Waals surface area contributed by atoms with Crippen molar-refractivity contribution in [3.8, 4) is 11.3 Å². The van der Waals surface area contributed by atoms with Crippen molar-refractivity contribution in [3.05, 3.63) is 35.2 Å². The number of amides is 1. The molecule has 0 spiro atoms. The molecule has 1 aromatic heterocycles. The van der Waals surface area contributed by atoms with Crippen molar-refractivity contribution in [2.75, 3.05) is 5.32 Å². The average Bonchev–Trinajstić information content (AvgIpc) is 2.94. The van der Waals surface area contributed by atoms with Crippen LogP contribution in [0.5, 0.6) is 0 Å². The van der Waals surface area contributed by atoms with Gasteiger partial charge in [0.1, 0.15) is 0 Å². The SMILES string of the molecule is CCC(C)c1ccc(-c2csc(NC(=O)CC(C)C)n2)cc1. The van der Waals surface area contributed by atoms with Crippen molar-refractivity contribution < 1.29 is 4.79 Å². The molecule has 1 N–H and O–H groups in total. The molecule has 3 nitrogen and oxygen atoms in total. The maximum atomic E-state index is 11.8. The van der Waals surface area contributed by atoms with Crippen LogP contribution in [-0.2, 0) is 4.79 Å². The highest BCUT2D eigenvalue weighted by molar-refractivity contribution is 7.14. The van der Waals surface area contributed by atoms with Crippen molar-refractivity contribution in [3.63, 3.8) is 0 Å². The van der Waals surface area contributed by atoms with E-state index in [1.165, 1.54) is 16.9 Å². The number of carbonyl (C=O) groups is 1. The van der Waals surface area contributed by atoms with Gasteiger partial charge in [0.15, 0.2) is 5.13 Å². The molecule has 1 aromatic carbocycles. The van der Waals surface area contributed by atoms with Crippen molar-refractivity contribution in [1.29, 1.82) is 0 Å². The van der Waals surface area contributed by atoms with Crippen LogP contribution in [0.2, 0.25) is 0 Å². The minimum absolute atomic E-state index is 0.0306. The topological polar surface area (TPSA) is 42.0 Å². The van der Waals surface area contributed by atoms with Crippen LogP contribution in [0.3, 0.4) is 0 Å². The highest BCUT2D eigenvalue weighted by Gasteiger charge is 2.10. The van der Waals surface area contributed by atoms with Gasteiger partial charge >= 0.3 is 0 Å².